The molecule has 4 heteroatoms. The number of hydrogen-bond acceptors (Lipinski definition) is 3. The Balaban J connectivity index is 1.49. The van der Waals surface area contributed by atoms with Gasteiger partial charge in [-0.2, -0.15) is 0 Å². The lowest BCUT2D eigenvalue weighted by molar-refractivity contribution is -0.137. The SMILES string of the molecule is O=C(O)CCC/C=C\C[C@H]1[C@H](/C=C/C(O)C2CCCC2)[C@@H]2CC[C@H]1O2. The maximum Gasteiger partial charge on any atom is 0.303 e. The van der Waals surface area contributed by atoms with Gasteiger partial charge in [-0.1, -0.05) is 37.1 Å². The fraction of sp³-hybridized carbons (Fsp3) is 0.762. The molecule has 0 radical (unpaired) electrons. The molecule has 4 nitrogen and oxygen atoms in total. The number of hydrogen-bond donors (Lipinski definition) is 2. The van der Waals surface area contributed by atoms with Gasteiger partial charge >= 0.3 is 5.97 Å². The molecule has 0 amide bonds. The van der Waals surface area contributed by atoms with E-state index in [9.17, 15) is 9.90 Å². The van der Waals surface area contributed by atoms with Crippen molar-refractivity contribution in [2.75, 3.05) is 0 Å². The fourth-order valence-electron chi connectivity index (χ4n) is 4.83. The molecule has 2 aliphatic heterocycles. The Labute approximate surface area is 151 Å². The lowest BCUT2D eigenvalue weighted by Gasteiger charge is -2.25. The second-order valence-electron chi connectivity index (χ2n) is 7.94. The van der Waals surface area contributed by atoms with Gasteiger partial charge in [-0.3, -0.25) is 4.79 Å². The van der Waals surface area contributed by atoms with Crippen molar-refractivity contribution in [3.8, 4) is 0 Å². The normalized spacial score (nSPS) is 33.8. The number of carboxylic acid groups (broad SMARTS) is 1. The lowest BCUT2D eigenvalue weighted by Crippen LogP contribution is -2.26. The molecule has 140 valence electrons. The van der Waals surface area contributed by atoms with Gasteiger partial charge in [0.1, 0.15) is 0 Å². The van der Waals surface area contributed by atoms with E-state index >= 15 is 0 Å². The van der Waals surface area contributed by atoms with Crippen molar-refractivity contribution >= 4 is 5.97 Å². The monoisotopic (exact) mass is 348 g/mol. The third kappa shape index (κ3) is 4.95. The predicted octanol–water partition coefficient (Wildman–Crippen LogP) is 4.09. The van der Waals surface area contributed by atoms with Gasteiger partial charge in [-0.25, -0.2) is 0 Å². The van der Waals surface area contributed by atoms with Crippen molar-refractivity contribution in [2.24, 2.45) is 17.8 Å². The summed E-state index contributed by atoms with van der Waals surface area (Å²) in [5.74, 6) is 0.643. The highest BCUT2D eigenvalue weighted by Crippen LogP contribution is 2.46. The molecule has 25 heavy (non-hydrogen) atoms. The summed E-state index contributed by atoms with van der Waals surface area (Å²) >= 11 is 0. The van der Waals surface area contributed by atoms with E-state index < -0.39 is 5.97 Å². The molecule has 3 rings (SSSR count). The third-order valence-corrected chi connectivity index (χ3v) is 6.24. The maximum absolute atomic E-state index is 10.5. The number of fused-ring (bicyclic) bond motifs is 2. The van der Waals surface area contributed by atoms with E-state index in [1.165, 1.54) is 12.8 Å². The van der Waals surface area contributed by atoms with Gasteiger partial charge in [0.2, 0.25) is 0 Å². The molecular weight excluding hydrogens is 316 g/mol. The molecule has 2 bridgehead atoms. The van der Waals surface area contributed by atoms with Crippen LogP contribution in [0.2, 0.25) is 0 Å². The van der Waals surface area contributed by atoms with E-state index in [4.69, 9.17) is 9.84 Å². The number of rotatable bonds is 9. The Bertz CT molecular complexity index is 492. The molecule has 1 aliphatic carbocycles. The highest BCUT2D eigenvalue weighted by molar-refractivity contribution is 5.66. The molecule has 0 aromatic heterocycles. The van der Waals surface area contributed by atoms with Crippen molar-refractivity contribution in [1.82, 2.24) is 0 Å². The summed E-state index contributed by atoms with van der Waals surface area (Å²) in [6, 6.07) is 0. The van der Waals surface area contributed by atoms with Crippen LogP contribution in [0.4, 0.5) is 0 Å². The molecule has 3 fully saturated rings. The molecular formula is C21H32O4. The Morgan fingerprint density at radius 1 is 1.12 bits per heavy atom. The maximum atomic E-state index is 10.5. The fourth-order valence-corrected chi connectivity index (χ4v) is 4.83. The van der Waals surface area contributed by atoms with Gasteiger partial charge in [0, 0.05) is 12.3 Å². The van der Waals surface area contributed by atoms with E-state index in [1.54, 1.807) is 0 Å². The average Bonchev–Trinajstić information content (AvgIpc) is 3.32. The van der Waals surface area contributed by atoms with Crippen molar-refractivity contribution in [1.29, 1.82) is 0 Å². The van der Waals surface area contributed by atoms with E-state index in [1.807, 2.05) is 6.08 Å². The van der Waals surface area contributed by atoms with Gasteiger partial charge in [0.05, 0.1) is 18.3 Å². The number of ether oxygens (including phenoxy) is 1. The minimum Gasteiger partial charge on any atom is -0.481 e. The first-order chi connectivity index (χ1) is 12.1. The van der Waals surface area contributed by atoms with Crippen LogP contribution in [0.1, 0.15) is 64.2 Å². The predicted molar refractivity (Wildman–Crippen MR) is 97.2 cm³/mol. The summed E-state index contributed by atoms with van der Waals surface area (Å²) < 4.78 is 6.12. The van der Waals surface area contributed by atoms with Gasteiger partial charge < -0.3 is 14.9 Å². The van der Waals surface area contributed by atoms with Gasteiger partial charge in [-0.05, 0) is 56.8 Å². The molecule has 1 unspecified atom stereocenters. The van der Waals surface area contributed by atoms with Crippen LogP contribution in [-0.2, 0) is 9.53 Å². The van der Waals surface area contributed by atoms with Gasteiger partial charge in [0.25, 0.3) is 0 Å². The largest absolute Gasteiger partial charge is 0.481 e. The first-order valence-corrected chi connectivity index (χ1v) is 10.0. The van der Waals surface area contributed by atoms with Gasteiger partial charge in [-0.15, -0.1) is 0 Å². The molecule has 2 saturated heterocycles. The average molecular weight is 348 g/mol. The molecule has 0 spiro atoms. The number of aliphatic carboxylic acids is 1. The second kappa shape index (κ2) is 9.00. The summed E-state index contributed by atoms with van der Waals surface area (Å²) in [5, 5.41) is 19.1. The second-order valence-corrected chi connectivity index (χ2v) is 7.94. The van der Waals surface area contributed by atoms with Gasteiger partial charge in [0.15, 0.2) is 0 Å². The Hall–Kier alpha value is -1.13. The van der Waals surface area contributed by atoms with Crippen LogP contribution < -0.4 is 0 Å². The number of carboxylic acids is 1. The Morgan fingerprint density at radius 3 is 2.64 bits per heavy atom. The van der Waals surface area contributed by atoms with Crippen LogP contribution >= 0.6 is 0 Å². The first kappa shape index (κ1) is 18.7. The number of unbranched alkanes of at least 4 members (excludes halogenated alkanes) is 1. The Kier molecular flexibility index (Phi) is 6.71. The summed E-state index contributed by atoms with van der Waals surface area (Å²) in [6.45, 7) is 0. The molecule has 0 aromatic rings. The minimum absolute atomic E-state index is 0.242. The van der Waals surface area contributed by atoms with Crippen LogP contribution in [0.5, 0.6) is 0 Å². The van der Waals surface area contributed by atoms with Crippen molar-refractivity contribution in [2.45, 2.75) is 82.5 Å². The highest BCUT2D eigenvalue weighted by atomic mass is 16.5. The summed E-state index contributed by atoms with van der Waals surface area (Å²) in [7, 11) is 0. The third-order valence-electron chi connectivity index (χ3n) is 6.24. The number of carbonyl (C=O) groups is 1. The zero-order chi connectivity index (χ0) is 17.6. The minimum atomic E-state index is -0.721. The van der Waals surface area contributed by atoms with Crippen LogP contribution in [0.25, 0.3) is 0 Å². The molecule has 3 aliphatic rings. The standard InChI is InChI=1S/C21H32O4/c22-18(15-7-5-6-8-15)12-11-17-16(19-13-14-20(17)25-19)9-3-1-2-4-10-21(23)24/h1,3,11-12,15-20,22H,2,4-10,13-14H2,(H,23,24)/b3-1-,12-11+/t16-,17-,18?,19+,20-/m0/s1. The molecule has 2 N–H and O–H groups in total. The van der Waals surface area contributed by atoms with Crippen molar-refractivity contribution in [3.63, 3.8) is 0 Å². The van der Waals surface area contributed by atoms with Crippen LogP contribution in [0, 0.1) is 17.8 Å². The van der Waals surface area contributed by atoms with Crippen LogP contribution in [-0.4, -0.2) is 34.5 Å². The number of allylic oxidation sites excluding steroid dienone is 2. The molecule has 0 aromatic carbocycles. The smallest absolute Gasteiger partial charge is 0.303 e. The summed E-state index contributed by atoms with van der Waals surface area (Å²) in [4.78, 5) is 10.5. The van der Waals surface area contributed by atoms with Crippen molar-refractivity contribution in [3.05, 3.63) is 24.3 Å². The van der Waals surface area contributed by atoms with E-state index in [0.717, 1.165) is 38.5 Å². The molecule has 1 saturated carbocycles. The summed E-state index contributed by atoms with van der Waals surface area (Å²) in [5.41, 5.74) is 0. The quantitative estimate of drug-likeness (QED) is 0.486. The zero-order valence-electron chi connectivity index (χ0n) is 15.1. The highest BCUT2D eigenvalue weighted by Gasteiger charge is 2.46. The molecule has 5 atom stereocenters. The topological polar surface area (TPSA) is 66.8 Å². The van der Waals surface area contributed by atoms with Crippen LogP contribution in [0.3, 0.4) is 0 Å². The Morgan fingerprint density at radius 2 is 1.88 bits per heavy atom. The van der Waals surface area contributed by atoms with Crippen LogP contribution in [0.15, 0.2) is 24.3 Å². The summed E-state index contributed by atoms with van der Waals surface area (Å²) in [6.07, 6.45) is 18.8. The first-order valence-electron chi connectivity index (χ1n) is 10.0. The number of aliphatic hydroxyl groups is 1. The van der Waals surface area contributed by atoms with E-state index in [0.29, 0.717) is 36.4 Å². The van der Waals surface area contributed by atoms with Crippen molar-refractivity contribution < 1.29 is 19.7 Å². The number of aliphatic hydroxyl groups excluding tert-OH is 1. The molecule has 2 heterocycles. The lowest BCUT2D eigenvalue weighted by atomic mass is 9.77. The van der Waals surface area contributed by atoms with E-state index in [-0.39, 0.29) is 12.5 Å². The zero-order valence-corrected chi connectivity index (χ0v) is 15.1. The van der Waals surface area contributed by atoms with E-state index in [2.05, 4.69) is 18.2 Å².